The summed E-state index contributed by atoms with van der Waals surface area (Å²) in [6, 6.07) is 1.47. The first kappa shape index (κ1) is 9.38. The third-order valence-corrected chi connectivity index (χ3v) is 1.40. The van der Waals surface area contributed by atoms with Crippen LogP contribution in [-0.2, 0) is 9.53 Å². The Morgan fingerprint density at radius 3 is 3.08 bits per heavy atom. The summed E-state index contributed by atoms with van der Waals surface area (Å²) >= 11 is 0. The van der Waals surface area contributed by atoms with Crippen LogP contribution in [0, 0.1) is 5.82 Å². The molecular weight excluding hydrogens is 173 g/mol. The van der Waals surface area contributed by atoms with Crippen molar-refractivity contribution in [1.82, 2.24) is 4.98 Å². The van der Waals surface area contributed by atoms with Gasteiger partial charge in [-0.15, -0.1) is 0 Å². The minimum absolute atomic E-state index is 0.306. The molecule has 0 amide bonds. The molecule has 0 aliphatic carbocycles. The molecule has 13 heavy (non-hydrogen) atoms. The van der Waals surface area contributed by atoms with Crippen LogP contribution in [0.25, 0.3) is 6.08 Å². The van der Waals surface area contributed by atoms with Crippen LogP contribution >= 0.6 is 0 Å². The van der Waals surface area contributed by atoms with E-state index in [1.54, 1.807) is 0 Å². The molecule has 0 radical (unpaired) electrons. The summed E-state index contributed by atoms with van der Waals surface area (Å²) < 4.78 is 17.2. The Bertz CT molecular complexity index is 336. The molecule has 0 aromatic carbocycles. The van der Waals surface area contributed by atoms with Crippen LogP contribution in [0.2, 0.25) is 0 Å². The van der Waals surface area contributed by atoms with Gasteiger partial charge in [-0.05, 0) is 12.1 Å². The number of aromatic nitrogens is 1. The monoisotopic (exact) mass is 181 g/mol. The molecular formula is C9H8FNO2. The largest absolute Gasteiger partial charge is 0.466 e. The highest BCUT2D eigenvalue weighted by Gasteiger charge is 1.97. The third kappa shape index (κ3) is 2.66. The van der Waals surface area contributed by atoms with E-state index in [0.29, 0.717) is 5.56 Å². The molecule has 1 aromatic heterocycles. The number of hydrogen-bond acceptors (Lipinski definition) is 3. The molecule has 0 saturated heterocycles. The highest BCUT2D eigenvalue weighted by molar-refractivity contribution is 5.86. The Morgan fingerprint density at radius 2 is 2.46 bits per heavy atom. The van der Waals surface area contributed by atoms with E-state index >= 15 is 0 Å². The van der Waals surface area contributed by atoms with Crippen LogP contribution in [0.15, 0.2) is 24.5 Å². The van der Waals surface area contributed by atoms with E-state index in [1.165, 1.54) is 25.4 Å². The number of nitrogens with zero attached hydrogens (tertiary/aromatic N) is 1. The lowest BCUT2D eigenvalue weighted by molar-refractivity contribution is -0.134. The van der Waals surface area contributed by atoms with Gasteiger partial charge in [0.2, 0.25) is 0 Å². The molecule has 1 rings (SSSR count). The number of pyridine rings is 1. The predicted octanol–water partition coefficient (Wildman–Crippen LogP) is 1.41. The highest BCUT2D eigenvalue weighted by Crippen LogP contribution is 2.06. The van der Waals surface area contributed by atoms with E-state index in [2.05, 4.69) is 9.72 Å². The maximum absolute atomic E-state index is 12.9. The van der Waals surface area contributed by atoms with E-state index in [4.69, 9.17) is 0 Å². The number of esters is 1. The van der Waals surface area contributed by atoms with Crippen LogP contribution < -0.4 is 0 Å². The quantitative estimate of drug-likeness (QED) is 0.511. The molecule has 1 heterocycles. The molecule has 3 nitrogen and oxygen atoms in total. The minimum Gasteiger partial charge on any atom is -0.466 e. The molecule has 4 heteroatoms. The van der Waals surface area contributed by atoms with Crippen molar-refractivity contribution in [3.05, 3.63) is 35.9 Å². The summed E-state index contributed by atoms with van der Waals surface area (Å²) in [7, 11) is 1.26. The smallest absolute Gasteiger partial charge is 0.330 e. The summed E-state index contributed by atoms with van der Waals surface area (Å²) in [5.74, 6) is -0.987. The van der Waals surface area contributed by atoms with Crippen molar-refractivity contribution in [3.8, 4) is 0 Å². The Hall–Kier alpha value is -1.71. The summed E-state index contributed by atoms with van der Waals surface area (Å²) in [5, 5.41) is 0. The van der Waals surface area contributed by atoms with Gasteiger partial charge in [0.1, 0.15) is 5.82 Å². The SMILES string of the molecule is COC(=O)/C=C/c1ccncc1F. The van der Waals surface area contributed by atoms with Crippen molar-refractivity contribution < 1.29 is 13.9 Å². The number of ether oxygens (including phenoxy) is 1. The van der Waals surface area contributed by atoms with Gasteiger partial charge in [-0.3, -0.25) is 4.98 Å². The second-order valence-corrected chi connectivity index (χ2v) is 2.25. The fourth-order valence-corrected chi connectivity index (χ4v) is 0.747. The number of hydrogen-bond donors (Lipinski definition) is 0. The van der Waals surface area contributed by atoms with E-state index in [-0.39, 0.29) is 0 Å². The average molecular weight is 181 g/mol. The summed E-state index contributed by atoms with van der Waals surface area (Å²) in [6.45, 7) is 0. The summed E-state index contributed by atoms with van der Waals surface area (Å²) in [5.41, 5.74) is 0.306. The van der Waals surface area contributed by atoms with Gasteiger partial charge in [0, 0.05) is 17.8 Å². The molecule has 0 atom stereocenters. The first-order chi connectivity index (χ1) is 6.24. The second-order valence-electron chi connectivity index (χ2n) is 2.25. The minimum atomic E-state index is -0.517. The topological polar surface area (TPSA) is 39.2 Å². The number of carbonyl (C=O) groups excluding carboxylic acids is 1. The number of methoxy groups -OCH3 is 1. The van der Waals surface area contributed by atoms with E-state index in [0.717, 1.165) is 12.3 Å². The van der Waals surface area contributed by atoms with Crippen molar-refractivity contribution in [2.24, 2.45) is 0 Å². The lowest BCUT2D eigenvalue weighted by atomic mass is 10.2. The zero-order chi connectivity index (χ0) is 9.68. The van der Waals surface area contributed by atoms with Gasteiger partial charge in [-0.2, -0.15) is 0 Å². The Kier molecular flexibility index (Phi) is 3.14. The molecule has 1 aromatic rings. The van der Waals surface area contributed by atoms with Crippen LogP contribution in [0.1, 0.15) is 5.56 Å². The van der Waals surface area contributed by atoms with Gasteiger partial charge in [-0.1, -0.05) is 0 Å². The molecule has 0 spiro atoms. The van der Waals surface area contributed by atoms with E-state index < -0.39 is 11.8 Å². The Morgan fingerprint density at radius 1 is 1.69 bits per heavy atom. The fraction of sp³-hybridized carbons (Fsp3) is 0.111. The van der Waals surface area contributed by atoms with Gasteiger partial charge in [-0.25, -0.2) is 9.18 Å². The van der Waals surface area contributed by atoms with Gasteiger partial charge < -0.3 is 4.74 Å². The first-order valence-electron chi connectivity index (χ1n) is 3.59. The average Bonchev–Trinajstić information content (AvgIpc) is 2.16. The Balaban J connectivity index is 2.80. The van der Waals surface area contributed by atoms with Gasteiger partial charge in [0.15, 0.2) is 0 Å². The van der Waals surface area contributed by atoms with Crippen molar-refractivity contribution in [1.29, 1.82) is 0 Å². The molecule has 0 saturated carbocycles. The van der Waals surface area contributed by atoms with Crippen molar-refractivity contribution in [2.75, 3.05) is 7.11 Å². The molecule has 0 aliphatic rings. The van der Waals surface area contributed by atoms with Gasteiger partial charge in [0.25, 0.3) is 0 Å². The normalized spacial score (nSPS) is 10.3. The Labute approximate surface area is 74.9 Å². The van der Waals surface area contributed by atoms with Crippen LogP contribution in [0.4, 0.5) is 4.39 Å². The van der Waals surface area contributed by atoms with Crippen molar-refractivity contribution in [2.45, 2.75) is 0 Å². The zero-order valence-corrected chi connectivity index (χ0v) is 7.03. The van der Waals surface area contributed by atoms with Crippen LogP contribution in [0.3, 0.4) is 0 Å². The predicted molar refractivity (Wildman–Crippen MR) is 45.2 cm³/mol. The first-order valence-corrected chi connectivity index (χ1v) is 3.59. The molecule has 0 fully saturated rings. The summed E-state index contributed by atoms with van der Waals surface area (Å²) in [4.78, 5) is 14.2. The number of halogens is 1. The maximum atomic E-state index is 12.9. The van der Waals surface area contributed by atoms with E-state index in [9.17, 15) is 9.18 Å². The number of carbonyl (C=O) groups is 1. The third-order valence-electron chi connectivity index (χ3n) is 1.40. The van der Waals surface area contributed by atoms with Crippen molar-refractivity contribution in [3.63, 3.8) is 0 Å². The van der Waals surface area contributed by atoms with Crippen LogP contribution in [0.5, 0.6) is 0 Å². The molecule has 0 aliphatic heterocycles. The molecule has 68 valence electrons. The zero-order valence-electron chi connectivity index (χ0n) is 7.03. The number of rotatable bonds is 2. The van der Waals surface area contributed by atoms with Crippen LogP contribution in [-0.4, -0.2) is 18.1 Å². The van der Waals surface area contributed by atoms with Gasteiger partial charge >= 0.3 is 5.97 Å². The standard InChI is InChI=1S/C9H8FNO2/c1-13-9(12)3-2-7-4-5-11-6-8(7)10/h2-6H,1H3/b3-2+. The summed E-state index contributed by atoms with van der Waals surface area (Å²) in [6.07, 6.45) is 5.01. The van der Waals surface area contributed by atoms with E-state index in [1.807, 2.05) is 0 Å². The fourth-order valence-electron chi connectivity index (χ4n) is 0.747. The lowest BCUT2D eigenvalue weighted by Crippen LogP contribution is -1.93. The second kappa shape index (κ2) is 4.35. The maximum Gasteiger partial charge on any atom is 0.330 e. The van der Waals surface area contributed by atoms with Crippen molar-refractivity contribution >= 4 is 12.0 Å². The molecule has 0 unspecified atom stereocenters. The van der Waals surface area contributed by atoms with Gasteiger partial charge in [0.05, 0.1) is 13.3 Å². The molecule has 0 bridgehead atoms. The lowest BCUT2D eigenvalue weighted by Gasteiger charge is -1.93. The highest BCUT2D eigenvalue weighted by atomic mass is 19.1. The molecule has 0 N–H and O–H groups in total.